The van der Waals surface area contributed by atoms with Crippen LogP contribution in [0.25, 0.3) is 22.3 Å². The number of carbonyl (C=O) groups excluding carboxylic acids is 1. The van der Waals surface area contributed by atoms with Crippen LogP contribution >= 0.6 is 0 Å². The molecule has 38 heavy (non-hydrogen) atoms. The van der Waals surface area contributed by atoms with E-state index in [2.05, 4.69) is 43.4 Å². The fourth-order valence-corrected chi connectivity index (χ4v) is 4.27. The van der Waals surface area contributed by atoms with Gasteiger partial charge in [0.1, 0.15) is 0 Å². The van der Waals surface area contributed by atoms with Gasteiger partial charge in [0.25, 0.3) is 0 Å². The molecule has 4 aromatic heterocycles. The summed E-state index contributed by atoms with van der Waals surface area (Å²) in [5, 5.41) is 0. The first kappa shape index (κ1) is 28.8. The smallest absolute Gasteiger partial charge is 0.338 e. The average molecular weight is 634 g/mol. The standard InChI is InChI=1S/C30H26N4O2.2BrH/c1-36-30(35)29-27(21-33-17-9-25(10-18-33)23-5-13-31-14-6-23)3-2-4-28(29)22-34-19-11-26(12-20-34)24-7-15-32-16-8-24;;/h2-20H,21-22H2,1H3;2*1H/q+2;;/p-2. The molecule has 0 bridgehead atoms. The molecule has 0 unspecified atom stereocenters. The van der Waals surface area contributed by atoms with Crippen LogP contribution in [0.3, 0.4) is 0 Å². The van der Waals surface area contributed by atoms with Crippen molar-refractivity contribution in [3.63, 3.8) is 0 Å². The monoisotopic (exact) mass is 632 g/mol. The van der Waals surface area contributed by atoms with E-state index < -0.39 is 0 Å². The number of rotatable bonds is 7. The maximum Gasteiger partial charge on any atom is 0.338 e. The van der Waals surface area contributed by atoms with E-state index in [0.29, 0.717) is 18.7 Å². The highest BCUT2D eigenvalue weighted by atomic mass is 79.9. The van der Waals surface area contributed by atoms with E-state index in [0.717, 1.165) is 33.4 Å². The lowest BCUT2D eigenvalue weighted by atomic mass is 10.00. The van der Waals surface area contributed by atoms with E-state index in [1.54, 1.807) is 24.8 Å². The molecular weight excluding hydrogens is 608 g/mol. The number of methoxy groups -OCH3 is 1. The van der Waals surface area contributed by atoms with Crippen LogP contribution in [0.15, 0.2) is 116 Å². The second kappa shape index (κ2) is 13.7. The van der Waals surface area contributed by atoms with Crippen molar-refractivity contribution in [1.82, 2.24) is 9.97 Å². The highest BCUT2D eigenvalue weighted by molar-refractivity contribution is 5.92. The molecule has 0 aliphatic heterocycles. The molecule has 0 saturated heterocycles. The molecule has 0 aliphatic rings. The zero-order valence-electron chi connectivity index (χ0n) is 20.7. The zero-order chi connectivity index (χ0) is 24.7. The van der Waals surface area contributed by atoms with Crippen LogP contribution < -0.4 is 43.1 Å². The van der Waals surface area contributed by atoms with Crippen molar-refractivity contribution in [2.45, 2.75) is 13.1 Å². The summed E-state index contributed by atoms with van der Waals surface area (Å²) < 4.78 is 9.30. The lowest BCUT2D eigenvalue weighted by Crippen LogP contribution is -3.00. The number of pyridine rings is 4. The van der Waals surface area contributed by atoms with E-state index in [1.165, 1.54) is 7.11 Å². The lowest BCUT2D eigenvalue weighted by Gasteiger charge is -2.10. The normalized spacial score (nSPS) is 10.1. The number of halogens is 2. The van der Waals surface area contributed by atoms with Gasteiger partial charge in [-0.05, 0) is 46.5 Å². The molecule has 1 aromatic carbocycles. The van der Waals surface area contributed by atoms with Gasteiger partial charge in [-0.3, -0.25) is 9.97 Å². The van der Waals surface area contributed by atoms with Crippen molar-refractivity contribution in [1.29, 1.82) is 0 Å². The van der Waals surface area contributed by atoms with E-state index in [1.807, 2.05) is 67.3 Å². The summed E-state index contributed by atoms with van der Waals surface area (Å²) in [7, 11) is 1.43. The predicted molar refractivity (Wildman–Crippen MR) is 136 cm³/mol. The Labute approximate surface area is 243 Å². The molecule has 0 radical (unpaired) electrons. The Morgan fingerprint density at radius 3 is 1.37 bits per heavy atom. The van der Waals surface area contributed by atoms with E-state index in [-0.39, 0.29) is 39.9 Å². The summed E-state index contributed by atoms with van der Waals surface area (Å²) in [6, 6.07) is 22.2. The van der Waals surface area contributed by atoms with Gasteiger partial charge in [0.05, 0.1) is 12.7 Å². The first-order valence-electron chi connectivity index (χ1n) is 11.7. The summed E-state index contributed by atoms with van der Waals surface area (Å²) >= 11 is 0. The van der Waals surface area contributed by atoms with Crippen molar-refractivity contribution in [3.8, 4) is 22.3 Å². The average Bonchev–Trinajstić information content (AvgIpc) is 2.95. The molecular formula is C30H26Br2N4O2. The van der Waals surface area contributed by atoms with Crippen LogP contribution in [0.2, 0.25) is 0 Å². The number of ether oxygens (including phenoxy) is 1. The van der Waals surface area contributed by atoms with Crippen LogP contribution in [0, 0.1) is 0 Å². The second-order valence-corrected chi connectivity index (χ2v) is 8.43. The molecule has 0 spiro atoms. The van der Waals surface area contributed by atoms with Crippen molar-refractivity contribution >= 4 is 5.97 Å². The Balaban J connectivity index is 0.00000200. The molecule has 4 heterocycles. The summed E-state index contributed by atoms with van der Waals surface area (Å²) in [4.78, 5) is 21.0. The number of nitrogens with zero attached hydrogens (tertiary/aromatic N) is 4. The third kappa shape index (κ3) is 6.76. The molecule has 8 heteroatoms. The Morgan fingerprint density at radius 2 is 1.00 bits per heavy atom. The number of esters is 1. The number of carbonyl (C=O) groups is 1. The molecule has 5 rings (SSSR count). The van der Waals surface area contributed by atoms with Gasteiger partial charge >= 0.3 is 5.97 Å². The van der Waals surface area contributed by atoms with Gasteiger partial charge in [0.2, 0.25) is 0 Å². The Morgan fingerprint density at radius 1 is 0.632 bits per heavy atom. The highest BCUT2D eigenvalue weighted by Gasteiger charge is 2.21. The van der Waals surface area contributed by atoms with Crippen LogP contribution in [-0.2, 0) is 17.8 Å². The van der Waals surface area contributed by atoms with Gasteiger partial charge in [0, 0.05) is 60.2 Å². The number of aromatic nitrogens is 4. The third-order valence-electron chi connectivity index (χ3n) is 6.14. The van der Waals surface area contributed by atoms with Gasteiger partial charge in [-0.15, -0.1) is 0 Å². The van der Waals surface area contributed by atoms with E-state index in [9.17, 15) is 4.79 Å². The lowest BCUT2D eigenvalue weighted by molar-refractivity contribution is -0.689. The molecule has 0 aliphatic carbocycles. The highest BCUT2D eigenvalue weighted by Crippen LogP contribution is 2.19. The van der Waals surface area contributed by atoms with Crippen molar-refractivity contribution in [3.05, 3.63) is 133 Å². The van der Waals surface area contributed by atoms with Crippen molar-refractivity contribution < 1.29 is 52.6 Å². The topological polar surface area (TPSA) is 59.8 Å². The first-order valence-corrected chi connectivity index (χ1v) is 11.7. The van der Waals surface area contributed by atoms with Crippen molar-refractivity contribution in [2.75, 3.05) is 7.11 Å². The molecule has 0 fully saturated rings. The number of benzene rings is 1. The van der Waals surface area contributed by atoms with Gasteiger partial charge in [-0.1, -0.05) is 18.2 Å². The van der Waals surface area contributed by atoms with E-state index in [4.69, 9.17) is 4.74 Å². The van der Waals surface area contributed by atoms with Crippen molar-refractivity contribution in [2.24, 2.45) is 0 Å². The maximum absolute atomic E-state index is 12.9. The first-order chi connectivity index (χ1) is 17.7. The Hall–Kier alpha value is -3.75. The SMILES string of the molecule is COC(=O)c1c(C[n+]2ccc(-c3ccncc3)cc2)cccc1C[n+]1ccc(-c2ccncc2)cc1.[Br-].[Br-]. The summed E-state index contributed by atoms with van der Waals surface area (Å²) in [5.74, 6) is -0.330. The molecule has 0 atom stereocenters. The van der Waals surface area contributed by atoms with E-state index >= 15 is 0 Å². The fourth-order valence-electron chi connectivity index (χ4n) is 4.27. The summed E-state index contributed by atoms with van der Waals surface area (Å²) in [6.45, 7) is 1.11. The van der Waals surface area contributed by atoms with Gasteiger partial charge in [-0.25, -0.2) is 13.9 Å². The van der Waals surface area contributed by atoms with Crippen LogP contribution in [-0.4, -0.2) is 23.0 Å². The molecule has 6 nitrogen and oxygen atoms in total. The molecule has 5 aromatic rings. The minimum atomic E-state index is -0.330. The van der Waals surface area contributed by atoms with Gasteiger partial charge in [-0.2, -0.15) is 0 Å². The predicted octanol–water partition coefficient (Wildman–Crippen LogP) is -1.72. The van der Waals surface area contributed by atoms with Crippen LogP contribution in [0.5, 0.6) is 0 Å². The molecule has 0 saturated carbocycles. The minimum absolute atomic E-state index is 0. The number of hydrogen-bond donors (Lipinski definition) is 0. The van der Waals surface area contributed by atoms with Gasteiger partial charge < -0.3 is 38.7 Å². The molecule has 0 N–H and O–H groups in total. The number of hydrogen-bond acceptors (Lipinski definition) is 4. The molecule has 0 amide bonds. The summed E-state index contributed by atoms with van der Waals surface area (Å²) in [6.07, 6.45) is 15.2. The largest absolute Gasteiger partial charge is 1.00 e. The maximum atomic E-state index is 12.9. The third-order valence-corrected chi connectivity index (χ3v) is 6.14. The molecule has 192 valence electrons. The van der Waals surface area contributed by atoms with Gasteiger partial charge in [0.15, 0.2) is 37.9 Å². The Bertz CT molecular complexity index is 1360. The summed E-state index contributed by atoms with van der Waals surface area (Å²) in [5.41, 5.74) is 6.88. The minimum Gasteiger partial charge on any atom is -1.00 e. The van der Waals surface area contributed by atoms with Crippen LogP contribution in [0.4, 0.5) is 0 Å². The second-order valence-electron chi connectivity index (χ2n) is 8.43. The Kier molecular flexibility index (Phi) is 10.4. The van der Waals surface area contributed by atoms with Crippen LogP contribution in [0.1, 0.15) is 21.5 Å². The fraction of sp³-hybridized carbons (Fsp3) is 0.100. The zero-order valence-corrected chi connectivity index (χ0v) is 23.9. The quantitative estimate of drug-likeness (QED) is 0.158.